The first-order valence-corrected chi connectivity index (χ1v) is 6.90. The summed E-state index contributed by atoms with van der Waals surface area (Å²) in [5.74, 6) is 0.481. The Hall–Kier alpha value is -1.86. The van der Waals surface area contributed by atoms with E-state index in [0.717, 1.165) is 13.0 Å². The van der Waals surface area contributed by atoms with Gasteiger partial charge in [-0.05, 0) is 42.3 Å². The monoisotopic (exact) mass is 249 g/mol. The molecule has 0 spiro atoms. The molecule has 1 aliphatic rings. The normalized spacial score (nSPS) is 13.7. The minimum atomic E-state index is 0.481. The molecule has 0 atom stereocenters. The zero-order chi connectivity index (χ0) is 13.1. The first kappa shape index (κ1) is 12.2. The molecule has 0 fully saturated rings. The summed E-state index contributed by atoms with van der Waals surface area (Å²) in [4.78, 5) is 0. The first-order chi connectivity index (χ1) is 9.40. The van der Waals surface area contributed by atoms with Crippen molar-refractivity contribution in [2.75, 3.05) is 13.6 Å². The molecule has 2 aromatic carbocycles. The number of nitrogens with one attached hydrogen (secondary N) is 1. The summed E-state index contributed by atoms with van der Waals surface area (Å²) in [6, 6.07) is 17.5. The van der Waals surface area contributed by atoms with Crippen LogP contribution in [0, 0.1) is 0 Å². The van der Waals surface area contributed by atoms with Gasteiger partial charge in [-0.2, -0.15) is 0 Å². The Morgan fingerprint density at radius 1 is 0.842 bits per heavy atom. The van der Waals surface area contributed by atoms with Crippen LogP contribution in [0.3, 0.4) is 0 Å². The topological polar surface area (TPSA) is 12.0 Å². The van der Waals surface area contributed by atoms with Crippen molar-refractivity contribution in [2.24, 2.45) is 0 Å². The van der Waals surface area contributed by atoms with E-state index in [1.807, 2.05) is 7.05 Å². The number of hydrogen-bond acceptors (Lipinski definition) is 1. The predicted molar refractivity (Wildman–Crippen MR) is 82.2 cm³/mol. The van der Waals surface area contributed by atoms with E-state index in [4.69, 9.17) is 0 Å². The number of hydrogen-bond donors (Lipinski definition) is 1. The van der Waals surface area contributed by atoms with E-state index in [1.165, 1.54) is 22.3 Å². The van der Waals surface area contributed by atoms with Gasteiger partial charge in [-0.3, -0.25) is 0 Å². The summed E-state index contributed by atoms with van der Waals surface area (Å²) < 4.78 is 0. The lowest BCUT2D eigenvalue weighted by Crippen LogP contribution is -2.14. The molecule has 0 unspecified atom stereocenters. The molecule has 0 radical (unpaired) electrons. The van der Waals surface area contributed by atoms with Crippen molar-refractivity contribution in [1.82, 2.24) is 5.32 Å². The molecule has 1 N–H and O–H groups in total. The molecule has 2 aromatic rings. The van der Waals surface area contributed by atoms with E-state index >= 15 is 0 Å². The summed E-state index contributed by atoms with van der Waals surface area (Å²) >= 11 is 0. The second-order valence-corrected chi connectivity index (χ2v) is 5.04. The Morgan fingerprint density at radius 3 is 1.89 bits per heavy atom. The van der Waals surface area contributed by atoms with Gasteiger partial charge in [0, 0.05) is 5.92 Å². The van der Waals surface area contributed by atoms with Gasteiger partial charge in [0.05, 0.1) is 0 Å². The third-order valence-electron chi connectivity index (χ3n) is 3.87. The highest BCUT2D eigenvalue weighted by Crippen LogP contribution is 2.36. The van der Waals surface area contributed by atoms with Crippen LogP contribution in [0.5, 0.6) is 0 Å². The number of rotatable bonds is 3. The van der Waals surface area contributed by atoms with Crippen LogP contribution in [0.2, 0.25) is 0 Å². The number of benzene rings is 2. The summed E-state index contributed by atoms with van der Waals surface area (Å²) in [5, 5.41) is 3.28. The Labute approximate surface area is 115 Å². The standard InChI is InChI=1S/C18H19N/c1-19-13-12-18-16-8-4-2-6-14(16)10-11-15-7-3-5-9-17(15)18/h2-11,18-19H,12-13H2,1H3. The van der Waals surface area contributed by atoms with Crippen LogP contribution in [0.4, 0.5) is 0 Å². The number of fused-ring (bicyclic) bond motifs is 2. The van der Waals surface area contributed by atoms with Gasteiger partial charge >= 0.3 is 0 Å². The average molecular weight is 249 g/mol. The lowest BCUT2D eigenvalue weighted by molar-refractivity contribution is 0.661. The second kappa shape index (κ2) is 5.41. The van der Waals surface area contributed by atoms with Crippen molar-refractivity contribution in [3.05, 3.63) is 70.8 Å². The SMILES string of the molecule is CNCCC1c2ccccc2C=Cc2ccccc21. The van der Waals surface area contributed by atoms with Crippen molar-refractivity contribution in [3.63, 3.8) is 0 Å². The van der Waals surface area contributed by atoms with Gasteiger partial charge in [-0.25, -0.2) is 0 Å². The summed E-state index contributed by atoms with van der Waals surface area (Å²) in [5.41, 5.74) is 5.58. The molecule has 1 heteroatoms. The predicted octanol–water partition coefficient (Wildman–Crippen LogP) is 3.91. The molecule has 0 heterocycles. The maximum atomic E-state index is 3.28. The van der Waals surface area contributed by atoms with Crippen LogP contribution in [0.25, 0.3) is 12.2 Å². The molecule has 19 heavy (non-hydrogen) atoms. The second-order valence-electron chi connectivity index (χ2n) is 5.04. The molecule has 0 amide bonds. The Bertz CT molecular complexity index is 549. The molecular formula is C18H19N. The average Bonchev–Trinajstić information content (AvgIpc) is 2.62. The smallest absolute Gasteiger partial charge is 0.0113 e. The molecule has 0 saturated carbocycles. The molecule has 96 valence electrons. The van der Waals surface area contributed by atoms with E-state index in [0.29, 0.717) is 5.92 Å². The summed E-state index contributed by atoms with van der Waals surface area (Å²) in [6.45, 7) is 1.04. The quantitative estimate of drug-likeness (QED) is 0.869. The van der Waals surface area contributed by atoms with E-state index in [2.05, 4.69) is 66.0 Å². The summed E-state index contributed by atoms with van der Waals surface area (Å²) in [7, 11) is 2.02. The minimum Gasteiger partial charge on any atom is -0.320 e. The zero-order valence-corrected chi connectivity index (χ0v) is 11.3. The van der Waals surface area contributed by atoms with Crippen molar-refractivity contribution < 1.29 is 0 Å². The van der Waals surface area contributed by atoms with Gasteiger partial charge in [0.2, 0.25) is 0 Å². The Kier molecular flexibility index (Phi) is 3.47. The molecule has 0 bridgehead atoms. The van der Waals surface area contributed by atoms with Gasteiger partial charge in [0.15, 0.2) is 0 Å². The van der Waals surface area contributed by atoms with Crippen molar-refractivity contribution in [3.8, 4) is 0 Å². The van der Waals surface area contributed by atoms with E-state index < -0.39 is 0 Å². The van der Waals surface area contributed by atoms with Gasteiger partial charge < -0.3 is 5.32 Å². The molecule has 0 aliphatic heterocycles. The fourth-order valence-electron chi connectivity index (χ4n) is 2.91. The molecule has 1 aliphatic carbocycles. The fourth-order valence-corrected chi connectivity index (χ4v) is 2.91. The lowest BCUT2D eigenvalue weighted by atomic mass is 9.85. The zero-order valence-electron chi connectivity index (χ0n) is 11.3. The third-order valence-corrected chi connectivity index (χ3v) is 3.87. The van der Waals surface area contributed by atoms with Crippen LogP contribution in [0.15, 0.2) is 48.5 Å². The van der Waals surface area contributed by atoms with Gasteiger partial charge in [0.25, 0.3) is 0 Å². The van der Waals surface area contributed by atoms with Gasteiger partial charge in [0.1, 0.15) is 0 Å². The fraction of sp³-hybridized carbons (Fsp3) is 0.222. The highest BCUT2D eigenvalue weighted by atomic mass is 14.8. The van der Waals surface area contributed by atoms with E-state index in [-0.39, 0.29) is 0 Å². The highest BCUT2D eigenvalue weighted by Gasteiger charge is 2.20. The largest absolute Gasteiger partial charge is 0.320 e. The minimum absolute atomic E-state index is 0.481. The van der Waals surface area contributed by atoms with Crippen molar-refractivity contribution in [2.45, 2.75) is 12.3 Å². The Balaban J connectivity index is 2.12. The first-order valence-electron chi connectivity index (χ1n) is 6.90. The van der Waals surface area contributed by atoms with Crippen LogP contribution >= 0.6 is 0 Å². The van der Waals surface area contributed by atoms with Crippen LogP contribution < -0.4 is 5.32 Å². The third kappa shape index (κ3) is 2.34. The van der Waals surface area contributed by atoms with E-state index in [1.54, 1.807) is 0 Å². The van der Waals surface area contributed by atoms with Crippen LogP contribution in [-0.4, -0.2) is 13.6 Å². The summed E-state index contributed by atoms with van der Waals surface area (Å²) in [6.07, 6.45) is 5.62. The van der Waals surface area contributed by atoms with Gasteiger partial charge in [-0.15, -0.1) is 0 Å². The maximum Gasteiger partial charge on any atom is 0.0113 e. The highest BCUT2D eigenvalue weighted by molar-refractivity contribution is 5.76. The molecule has 1 nitrogen and oxygen atoms in total. The van der Waals surface area contributed by atoms with E-state index in [9.17, 15) is 0 Å². The molecule has 3 rings (SSSR count). The Morgan fingerprint density at radius 2 is 1.37 bits per heavy atom. The lowest BCUT2D eigenvalue weighted by Gasteiger charge is -2.20. The van der Waals surface area contributed by atoms with Gasteiger partial charge in [-0.1, -0.05) is 60.7 Å². The van der Waals surface area contributed by atoms with Crippen molar-refractivity contribution >= 4 is 12.2 Å². The van der Waals surface area contributed by atoms with Crippen molar-refractivity contribution in [1.29, 1.82) is 0 Å². The van der Waals surface area contributed by atoms with Crippen LogP contribution in [-0.2, 0) is 0 Å². The maximum absolute atomic E-state index is 3.28. The molecule has 0 saturated heterocycles. The molecule has 0 aromatic heterocycles. The van der Waals surface area contributed by atoms with Crippen LogP contribution in [0.1, 0.15) is 34.6 Å². The molecular weight excluding hydrogens is 230 g/mol.